The molecule has 4 aromatic rings. The van der Waals surface area contributed by atoms with Gasteiger partial charge in [-0.15, -0.1) is 0 Å². The largest absolute Gasteiger partial charge is 0.336 e. The summed E-state index contributed by atoms with van der Waals surface area (Å²) in [5.74, 6) is 0. The number of hydrogen-bond acceptors (Lipinski definition) is 3. The lowest BCUT2D eigenvalue weighted by molar-refractivity contribution is -0.105. The molecular formula is C33H32ClN3O. The van der Waals surface area contributed by atoms with Crippen LogP contribution in [0.1, 0.15) is 30.0 Å². The zero-order valence-corrected chi connectivity index (χ0v) is 22.8. The number of carbonyl (C=O) groups is 1. The van der Waals surface area contributed by atoms with Gasteiger partial charge < -0.3 is 10.3 Å². The number of fused-ring (bicyclic) bond motifs is 1. The molecular weight excluding hydrogens is 490 g/mol. The first-order valence-corrected chi connectivity index (χ1v) is 13.4. The number of benzene rings is 3. The van der Waals surface area contributed by atoms with Gasteiger partial charge in [-0.3, -0.25) is 4.79 Å². The maximum atomic E-state index is 11.2. The molecule has 0 spiro atoms. The second-order valence-corrected chi connectivity index (χ2v) is 10.4. The molecule has 5 heteroatoms. The van der Waals surface area contributed by atoms with Gasteiger partial charge in [0.15, 0.2) is 0 Å². The molecule has 1 atom stereocenters. The van der Waals surface area contributed by atoms with Crippen molar-refractivity contribution in [2.24, 2.45) is 17.8 Å². The normalized spacial score (nSPS) is 15.6. The quantitative estimate of drug-likeness (QED) is 0.224. The van der Waals surface area contributed by atoms with E-state index in [9.17, 15) is 4.79 Å². The predicted molar refractivity (Wildman–Crippen MR) is 157 cm³/mol. The predicted octanol–water partition coefficient (Wildman–Crippen LogP) is 6.81. The van der Waals surface area contributed by atoms with Crippen molar-refractivity contribution in [3.63, 3.8) is 0 Å². The Morgan fingerprint density at radius 2 is 1.66 bits per heavy atom. The summed E-state index contributed by atoms with van der Waals surface area (Å²) in [6.07, 6.45) is 7.00. The summed E-state index contributed by atoms with van der Waals surface area (Å²) < 4.78 is 1.95. The molecule has 1 aromatic heterocycles. The van der Waals surface area contributed by atoms with Crippen LogP contribution in [0, 0.1) is 6.92 Å². The van der Waals surface area contributed by atoms with Gasteiger partial charge in [-0.05, 0) is 77.3 Å². The van der Waals surface area contributed by atoms with E-state index in [-0.39, 0.29) is 6.04 Å². The fourth-order valence-corrected chi connectivity index (χ4v) is 5.57. The van der Waals surface area contributed by atoms with Crippen molar-refractivity contribution < 1.29 is 4.79 Å². The highest BCUT2D eigenvalue weighted by molar-refractivity contribution is 6.36. The van der Waals surface area contributed by atoms with Gasteiger partial charge in [0, 0.05) is 42.2 Å². The fraction of sp³-hybridized carbons (Fsp3) is 0.212. The third-order valence-corrected chi connectivity index (χ3v) is 7.87. The second-order valence-electron chi connectivity index (χ2n) is 9.99. The number of halogens is 1. The molecule has 0 amide bonds. The average molecular weight is 522 g/mol. The minimum Gasteiger partial charge on any atom is -0.336 e. The standard InChI is InChI=1S/C33H32ClN3O/c1-4-22(20-38)19-36-32-18-25(13-14-37(32)3)28-7-5-8-29(21(28)2)31-10-6-9-30(33(31)34)24-12-11-23-16-27(35)17-26(23)15-24/h5-15,18-20,27H,4,16-17,35H2,1-3H3/b22-19-,36-32?. The lowest BCUT2D eigenvalue weighted by Crippen LogP contribution is -2.18. The molecule has 3 aromatic carbocycles. The van der Waals surface area contributed by atoms with Crippen LogP contribution in [0.2, 0.25) is 5.02 Å². The summed E-state index contributed by atoms with van der Waals surface area (Å²) in [5.41, 5.74) is 17.9. The molecule has 1 unspecified atom stereocenters. The smallest absolute Gasteiger partial charge is 0.147 e. The summed E-state index contributed by atoms with van der Waals surface area (Å²) in [6.45, 7) is 4.08. The van der Waals surface area contributed by atoms with Crippen molar-refractivity contribution in [1.82, 2.24) is 4.57 Å². The van der Waals surface area contributed by atoms with Crippen LogP contribution in [0.25, 0.3) is 33.4 Å². The van der Waals surface area contributed by atoms with Crippen LogP contribution in [-0.2, 0) is 24.7 Å². The third-order valence-electron chi connectivity index (χ3n) is 7.46. The van der Waals surface area contributed by atoms with E-state index in [1.54, 1.807) is 6.20 Å². The Balaban J connectivity index is 1.57. The van der Waals surface area contributed by atoms with Crippen molar-refractivity contribution in [3.05, 3.63) is 112 Å². The minimum atomic E-state index is 0.204. The first kappa shape index (κ1) is 25.9. The van der Waals surface area contributed by atoms with Crippen LogP contribution in [0.15, 0.2) is 89.7 Å². The van der Waals surface area contributed by atoms with Crippen molar-refractivity contribution >= 4 is 17.9 Å². The molecule has 0 fully saturated rings. The van der Waals surface area contributed by atoms with Gasteiger partial charge in [0.2, 0.25) is 0 Å². The molecule has 0 aliphatic heterocycles. The molecule has 2 N–H and O–H groups in total. The van der Waals surface area contributed by atoms with E-state index in [0.717, 1.165) is 68.6 Å². The zero-order valence-electron chi connectivity index (χ0n) is 22.0. The second kappa shape index (κ2) is 10.9. The molecule has 1 heterocycles. The van der Waals surface area contributed by atoms with Gasteiger partial charge >= 0.3 is 0 Å². The molecule has 1 aliphatic carbocycles. The topological polar surface area (TPSA) is 60.4 Å². The number of rotatable bonds is 6. The number of aryl methyl sites for hydroxylation is 1. The number of nitrogens with zero attached hydrogens (tertiary/aromatic N) is 2. The SMILES string of the molecule is CC/C(C=O)=C/N=c1cc(-c2cccc(-c3cccc(-c4ccc5c(c4)CC(N)C5)c3Cl)c2C)ccn1C. The van der Waals surface area contributed by atoms with Gasteiger partial charge in [-0.25, -0.2) is 4.99 Å². The summed E-state index contributed by atoms with van der Waals surface area (Å²) >= 11 is 7.09. The lowest BCUT2D eigenvalue weighted by Gasteiger charge is -2.16. The Labute approximate surface area is 229 Å². The van der Waals surface area contributed by atoms with Gasteiger partial charge in [-0.2, -0.15) is 0 Å². The van der Waals surface area contributed by atoms with Gasteiger partial charge in [0.25, 0.3) is 0 Å². The maximum Gasteiger partial charge on any atom is 0.147 e. The van der Waals surface area contributed by atoms with E-state index in [1.807, 2.05) is 30.8 Å². The van der Waals surface area contributed by atoms with E-state index in [1.165, 1.54) is 11.1 Å². The summed E-state index contributed by atoms with van der Waals surface area (Å²) in [4.78, 5) is 15.8. The van der Waals surface area contributed by atoms with E-state index < -0.39 is 0 Å². The number of nitrogens with two attached hydrogens (primary N) is 1. The fourth-order valence-electron chi connectivity index (χ4n) is 5.23. The van der Waals surface area contributed by atoms with Gasteiger partial charge in [0.05, 0.1) is 5.02 Å². The number of hydrogen-bond donors (Lipinski definition) is 1. The monoisotopic (exact) mass is 521 g/mol. The molecule has 192 valence electrons. The van der Waals surface area contributed by atoms with Crippen molar-refractivity contribution in [1.29, 1.82) is 0 Å². The van der Waals surface area contributed by atoms with E-state index >= 15 is 0 Å². The highest BCUT2D eigenvalue weighted by Crippen LogP contribution is 2.40. The minimum absolute atomic E-state index is 0.204. The molecule has 4 nitrogen and oxygen atoms in total. The molecule has 0 bridgehead atoms. The van der Waals surface area contributed by atoms with Crippen LogP contribution in [0.3, 0.4) is 0 Å². The summed E-state index contributed by atoms with van der Waals surface area (Å²) in [5, 5.41) is 0.747. The third kappa shape index (κ3) is 5.02. The van der Waals surface area contributed by atoms with Crippen molar-refractivity contribution in [2.45, 2.75) is 39.2 Å². The lowest BCUT2D eigenvalue weighted by atomic mass is 9.91. The van der Waals surface area contributed by atoms with E-state index in [4.69, 9.17) is 17.3 Å². The number of aldehydes is 1. The summed E-state index contributed by atoms with van der Waals surface area (Å²) in [7, 11) is 1.95. The summed E-state index contributed by atoms with van der Waals surface area (Å²) in [6, 6.07) is 23.5. The van der Waals surface area contributed by atoms with Gasteiger partial charge in [-0.1, -0.05) is 73.1 Å². The Bertz CT molecular complexity index is 1630. The Morgan fingerprint density at radius 3 is 2.42 bits per heavy atom. The van der Waals surface area contributed by atoms with Gasteiger partial charge in [0.1, 0.15) is 11.8 Å². The highest BCUT2D eigenvalue weighted by atomic mass is 35.5. The Kier molecular flexibility index (Phi) is 7.46. The molecule has 1 aliphatic rings. The van der Waals surface area contributed by atoms with Crippen LogP contribution >= 0.6 is 11.6 Å². The Morgan fingerprint density at radius 1 is 0.974 bits per heavy atom. The van der Waals surface area contributed by atoms with Crippen LogP contribution in [0.5, 0.6) is 0 Å². The molecule has 0 radical (unpaired) electrons. The number of pyridine rings is 1. The van der Waals surface area contributed by atoms with Crippen molar-refractivity contribution in [3.8, 4) is 33.4 Å². The molecule has 5 rings (SSSR count). The van der Waals surface area contributed by atoms with E-state index in [2.05, 4.69) is 72.6 Å². The van der Waals surface area contributed by atoms with Crippen molar-refractivity contribution in [2.75, 3.05) is 0 Å². The average Bonchev–Trinajstić information content (AvgIpc) is 3.30. The number of allylic oxidation sites excluding steroid dienone is 1. The zero-order chi connectivity index (χ0) is 26.8. The molecule has 0 saturated heterocycles. The number of aromatic nitrogens is 1. The highest BCUT2D eigenvalue weighted by Gasteiger charge is 2.20. The molecule has 38 heavy (non-hydrogen) atoms. The van der Waals surface area contributed by atoms with Crippen LogP contribution in [0.4, 0.5) is 0 Å². The first-order valence-electron chi connectivity index (χ1n) is 13.0. The van der Waals surface area contributed by atoms with Crippen LogP contribution < -0.4 is 11.2 Å². The van der Waals surface area contributed by atoms with E-state index in [0.29, 0.717) is 12.0 Å². The Hall–Kier alpha value is -3.73. The maximum absolute atomic E-state index is 11.2. The number of carbonyl (C=O) groups excluding carboxylic acids is 1. The van der Waals surface area contributed by atoms with Crippen LogP contribution in [-0.4, -0.2) is 16.9 Å². The molecule has 0 saturated carbocycles. The first-order chi connectivity index (χ1) is 18.4.